The largest absolute Gasteiger partial charge is 0.483 e. The van der Waals surface area contributed by atoms with E-state index >= 15 is 0 Å². The van der Waals surface area contributed by atoms with Gasteiger partial charge in [0.1, 0.15) is 5.75 Å². The average molecular weight is 496 g/mol. The summed E-state index contributed by atoms with van der Waals surface area (Å²) in [5.74, 6) is -0.777. The van der Waals surface area contributed by atoms with Crippen LogP contribution in [0.25, 0.3) is 0 Å². The standard InChI is InChI=1S/C21H25N3O7S2/c1-24(2)20(25)13-31-19-6-4-3-5-18(19)21(26)22-15-7-9-17(10-8-15)33(29,30)23-16-11-12-32(27,28)14-16/h3-10,16,23H,11-14H2,1-2H3,(H,22,26). The monoisotopic (exact) mass is 495 g/mol. The first-order valence-corrected chi connectivity index (χ1v) is 13.3. The van der Waals surface area contributed by atoms with Crippen LogP contribution in [0.15, 0.2) is 53.4 Å². The van der Waals surface area contributed by atoms with Gasteiger partial charge in [-0.3, -0.25) is 9.59 Å². The molecule has 1 aliphatic rings. The summed E-state index contributed by atoms with van der Waals surface area (Å²) in [6.07, 6.45) is 0.233. The highest BCUT2D eigenvalue weighted by Gasteiger charge is 2.31. The molecule has 0 radical (unpaired) electrons. The third-order valence-corrected chi connectivity index (χ3v) is 8.26. The highest BCUT2D eigenvalue weighted by atomic mass is 32.2. The zero-order chi connectivity index (χ0) is 24.2. The number of carbonyl (C=O) groups is 2. The number of nitrogens with zero attached hydrogens (tertiary/aromatic N) is 1. The Bertz CT molecular complexity index is 1240. The van der Waals surface area contributed by atoms with E-state index in [9.17, 15) is 26.4 Å². The number of anilines is 1. The highest BCUT2D eigenvalue weighted by Crippen LogP contribution is 2.21. The Morgan fingerprint density at radius 1 is 1.09 bits per heavy atom. The third-order valence-electron chi connectivity index (χ3n) is 4.96. The number of hydrogen-bond donors (Lipinski definition) is 2. The summed E-state index contributed by atoms with van der Waals surface area (Å²) in [5.41, 5.74) is 0.562. The molecule has 0 aromatic heterocycles. The van der Waals surface area contributed by atoms with Gasteiger partial charge in [-0.25, -0.2) is 21.6 Å². The lowest BCUT2D eigenvalue weighted by molar-refractivity contribution is -0.130. The Kier molecular flexibility index (Phi) is 7.40. The van der Waals surface area contributed by atoms with Crippen LogP contribution in [0, 0.1) is 0 Å². The minimum absolute atomic E-state index is 0.0420. The summed E-state index contributed by atoms with van der Waals surface area (Å²) in [4.78, 5) is 25.8. The fourth-order valence-electron chi connectivity index (χ4n) is 3.14. The number of benzene rings is 2. The number of likely N-dealkylation sites (N-methyl/N-ethyl adjacent to an activating group) is 1. The quantitative estimate of drug-likeness (QED) is 0.554. The van der Waals surface area contributed by atoms with E-state index in [1.807, 2.05) is 0 Å². The summed E-state index contributed by atoms with van der Waals surface area (Å²) in [5, 5.41) is 2.66. The molecule has 2 amide bonds. The summed E-state index contributed by atoms with van der Waals surface area (Å²) >= 11 is 0. The van der Waals surface area contributed by atoms with Crippen molar-refractivity contribution in [1.82, 2.24) is 9.62 Å². The van der Waals surface area contributed by atoms with Crippen molar-refractivity contribution >= 4 is 37.4 Å². The molecule has 0 aliphatic carbocycles. The molecule has 0 spiro atoms. The van der Waals surface area contributed by atoms with Gasteiger partial charge in [0.25, 0.3) is 11.8 Å². The minimum Gasteiger partial charge on any atom is -0.483 e. The maximum Gasteiger partial charge on any atom is 0.259 e. The smallest absolute Gasteiger partial charge is 0.259 e. The second-order valence-corrected chi connectivity index (χ2v) is 11.7. The van der Waals surface area contributed by atoms with Crippen LogP contribution in [-0.2, 0) is 24.7 Å². The van der Waals surface area contributed by atoms with Gasteiger partial charge in [-0.1, -0.05) is 12.1 Å². The molecular weight excluding hydrogens is 470 g/mol. The van der Waals surface area contributed by atoms with Gasteiger partial charge < -0.3 is 15.0 Å². The molecule has 12 heteroatoms. The molecule has 3 rings (SSSR count). The van der Waals surface area contributed by atoms with Crippen LogP contribution in [0.4, 0.5) is 5.69 Å². The van der Waals surface area contributed by atoms with Crippen molar-refractivity contribution in [3.8, 4) is 5.75 Å². The van der Waals surface area contributed by atoms with E-state index in [-0.39, 0.29) is 46.6 Å². The van der Waals surface area contributed by atoms with Crippen molar-refractivity contribution in [3.05, 3.63) is 54.1 Å². The molecular formula is C21H25N3O7S2. The topological polar surface area (TPSA) is 139 Å². The lowest BCUT2D eigenvalue weighted by Gasteiger charge is -2.14. The van der Waals surface area contributed by atoms with Crippen LogP contribution in [0.5, 0.6) is 5.75 Å². The number of rotatable bonds is 8. The maximum absolute atomic E-state index is 12.7. The Hall–Kier alpha value is -2.96. The fourth-order valence-corrected chi connectivity index (χ4v) is 6.19. The SMILES string of the molecule is CN(C)C(=O)COc1ccccc1C(=O)Nc1ccc(S(=O)(=O)NC2CCS(=O)(=O)C2)cc1. The molecule has 2 N–H and O–H groups in total. The minimum atomic E-state index is -3.90. The molecule has 1 aliphatic heterocycles. The zero-order valence-corrected chi connectivity index (χ0v) is 19.8. The van der Waals surface area contributed by atoms with E-state index in [1.54, 1.807) is 38.4 Å². The first-order valence-electron chi connectivity index (χ1n) is 10.0. The average Bonchev–Trinajstić information content (AvgIpc) is 3.09. The van der Waals surface area contributed by atoms with E-state index in [2.05, 4.69) is 10.0 Å². The van der Waals surface area contributed by atoms with Crippen LogP contribution < -0.4 is 14.8 Å². The number of para-hydroxylation sites is 1. The number of carbonyl (C=O) groups excluding carboxylic acids is 2. The van der Waals surface area contributed by atoms with Crippen molar-refractivity contribution < 1.29 is 31.2 Å². The van der Waals surface area contributed by atoms with Gasteiger partial charge >= 0.3 is 0 Å². The van der Waals surface area contributed by atoms with E-state index in [0.29, 0.717) is 5.69 Å². The van der Waals surface area contributed by atoms with Crippen molar-refractivity contribution in [2.75, 3.05) is 37.5 Å². The van der Waals surface area contributed by atoms with Crippen LogP contribution in [0.3, 0.4) is 0 Å². The number of sulfone groups is 1. The van der Waals surface area contributed by atoms with Crippen molar-refractivity contribution in [2.45, 2.75) is 17.4 Å². The molecule has 0 saturated carbocycles. The van der Waals surface area contributed by atoms with Gasteiger partial charge in [0, 0.05) is 25.8 Å². The lowest BCUT2D eigenvalue weighted by Crippen LogP contribution is -2.35. The van der Waals surface area contributed by atoms with E-state index in [4.69, 9.17) is 4.74 Å². The molecule has 33 heavy (non-hydrogen) atoms. The Labute approximate surface area is 192 Å². The second kappa shape index (κ2) is 9.89. The maximum atomic E-state index is 12.7. The normalized spacial score (nSPS) is 17.3. The molecule has 10 nitrogen and oxygen atoms in total. The Balaban J connectivity index is 1.67. The number of ether oxygens (including phenoxy) is 1. The van der Waals surface area contributed by atoms with Gasteiger partial charge in [0.15, 0.2) is 16.4 Å². The van der Waals surface area contributed by atoms with Crippen molar-refractivity contribution in [2.24, 2.45) is 0 Å². The number of nitrogens with one attached hydrogen (secondary N) is 2. The highest BCUT2D eigenvalue weighted by molar-refractivity contribution is 7.92. The Morgan fingerprint density at radius 3 is 2.36 bits per heavy atom. The van der Waals surface area contributed by atoms with Crippen LogP contribution in [0.2, 0.25) is 0 Å². The van der Waals surface area contributed by atoms with E-state index in [0.717, 1.165) is 0 Å². The van der Waals surface area contributed by atoms with Gasteiger partial charge in [-0.15, -0.1) is 0 Å². The van der Waals surface area contributed by atoms with Crippen molar-refractivity contribution in [1.29, 1.82) is 0 Å². The van der Waals surface area contributed by atoms with Crippen LogP contribution in [-0.4, -0.2) is 71.8 Å². The lowest BCUT2D eigenvalue weighted by atomic mass is 10.2. The molecule has 1 atom stereocenters. The zero-order valence-electron chi connectivity index (χ0n) is 18.1. The molecule has 1 fully saturated rings. The second-order valence-electron chi connectivity index (χ2n) is 7.77. The van der Waals surface area contributed by atoms with Gasteiger partial charge in [0.05, 0.1) is 22.0 Å². The molecule has 1 saturated heterocycles. The Morgan fingerprint density at radius 2 is 1.76 bits per heavy atom. The van der Waals surface area contributed by atoms with Crippen molar-refractivity contribution in [3.63, 3.8) is 0 Å². The molecule has 2 aromatic rings. The van der Waals surface area contributed by atoms with Crippen LogP contribution in [0.1, 0.15) is 16.8 Å². The van der Waals surface area contributed by atoms with Gasteiger partial charge in [-0.05, 0) is 42.8 Å². The molecule has 2 aromatic carbocycles. The van der Waals surface area contributed by atoms with E-state index < -0.39 is 31.8 Å². The number of amides is 2. The first kappa shape index (κ1) is 24.7. The summed E-state index contributed by atoms with van der Waals surface area (Å²) < 4.78 is 56.1. The fraction of sp³-hybridized carbons (Fsp3) is 0.333. The summed E-state index contributed by atoms with van der Waals surface area (Å²) in [6.45, 7) is -0.223. The van der Waals surface area contributed by atoms with Gasteiger partial charge in [0.2, 0.25) is 10.0 Å². The predicted molar refractivity (Wildman–Crippen MR) is 122 cm³/mol. The third kappa shape index (κ3) is 6.53. The number of hydrogen-bond acceptors (Lipinski definition) is 7. The summed E-state index contributed by atoms with van der Waals surface area (Å²) in [6, 6.07) is 11.3. The molecule has 1 unspecified atom stereocenters. The molecule has 1 heterocycles. The first-order chi connectivity index (χ1) is 15.5. The van der Waals surface area contributed by atoms with Gasteiger partial charge in [-0.2, -0.15) is 0 Å². The predicted octanol–water partition coefficient (Wildman–Crippen LogP) is 0.871. The molecule has 0 bridgehead atoms. The number of sulfonamides is 1. The molecule has 178 valence electrons. The van der Waals surface area contributed by atoms with E-state index in [1.165, 1.54) is 29.2 Å². The van der Waals surface area contributed by atoms with Crippen LogP contribution >= 0.6 is 0 Å². The summed E-state index contributed by atoms with van der Waals surface area (Å²) in [7, 11) is -3.93.